The monoisotopic (exact) mass is 291 g/mol. The van der Waals surface area contributed by atoms with Gasteiger partial charge >= 0.3 is 0 Å². The molecular weight excluding hydrogens is 272 g/mol. The first-order valence-electron chi connectivity index (χ1n) is 7.03. The molecule has 21 heavy (non-hydrogen) atoms. The minimum absolute atomic E-state index is 0.287. The van der Waals surface area contributed by atoms with Gasteiger partial charge in [0.25, 0.3) is 0 Å². The van der Waals surface area contributed by atoms with E-state index in [1.807, 2.05) is 25.1 Å². The highest BCUT2D eigenvalue weighted by Gasteiger charge is 2.08. The Morgan fingerprint density at radius 1 is 1.05 bits per heavy atom. The van der Waals surface area contributed by atoms with E-state index in [1.165, 1.54) is 6.07 Å². The van der Waals surface area contributed by atoms with Gasteiger partial charge in [-0.3, -0.25) is 0 Å². The lowest BCUT2D eigenvalue weighted by Crippen LogP contribution is -2.14. The quantitative estimate of drug-likeness (QED) is 0.787. The van der Waals surface area contributed by atoms with Crippen molar-refractivity contribution < 1.29 is 13.5 Å². The highest BCUT2D eigenvalue weighted by molar-refractivity contribution is 5.40. The van der Waals surface area contributed by atoms with Crippen LogP contribution >= 0.6 is 0 Å². The van der Waals surface area contributed by atoms with Gasteiger partial charge < -0.3 is 10.1 Å². The van der Waals surface area contributed by atoms with Crippen molar-refractivity contribution in [3.63, 3.8) is 0 Å². The van der Waals surface area contributed by atoms with Crippen molar-refractivity contribution >= 4 is 0 Å². The minimum atomic E-state index is -0.912. The molecule has 0 aliphatic carbocycles. The number of nitrogens with one attached hydrogen (secondary N) is 1. The minimum Gasteiger partial charge on any atom is -0.457 e. The smallest absolute Gasteiger partial charge is 0.162 e. The third kappa shape index (κ3) is 4.26. The Bertz CT molecular complexity index is 614. The lowest BCUT2D eigenvalue weighted by atomic mass is 10.1. The highest BCUT2D eigenvalue weighted by Crippen LogP contribution is 2.27. The molecule has 0 unspecified atom stereocenters. The molecule has 2 aromatic carbocycles. The molecule has 0 aliphatic heterocycles. The van der Waals surface area contributed by atoms with Crippen LogP contribution in [0.1, 0.15) is 24.5 Å². The van der Waals surface area contributed by atoms with Gasteiger partial charge in [-0.15, -0.1) is 0 Å². The van der Waals surface area contributed by atoms with Gasteiger partial charge in [-0.05, 0) is 38.1 Å². The van der Waals surface area contributed by atoms with Gasteiger partial charge in [0.05, 0.1) is 0 Å². The summed E-state index contributed by atoms with van der Waals surface area (Å²) in [5.74, 6) is -0.855. The van der Waals surface area contributed by atoms with Gasteiger partial charge in [-0.2, -0.15) is 0 Å². The lowest BCUT2D eigenvalue weighted by Gasteiger charge is -2.13. The number of hydrogen-bond donors (Lipinski definition) is 1. The first-order chi connectivity index (χ1) is 10.1. The van der Waals surface area contributed by atoms with E-state index in [0.29, 0.717) is 12.3 Å². The van der Waals surface area contributed by atoms with Crippen LogP contribution in [0.2, 0.25) is 0 Å². The zero-order chi connectivity index (χ0) is 15.2. The standard InChI is InChI=1S/C17H19F2NO/c1-3-8-20-11-13-9-12(2)4-7-17(13)21-14-5-6-15(18)16(19)10-14/h4-7,9-10,20H,3,8,11H2,1-2H3. The molecule has 112 valence electrons. The molecule has 0 heterocycles. The summed E-state index contributed by atoms with van der Waals surface area (Å²) in [4.78, 5) is 0. The number of rotatable bonds is 6. The third-order valence-corrected chi connectivity index (χ3v) is 3.08. The normalized spacial score (nSPS) is 10.7. The summed E-state index contributed by atoms with van der Waals surface area (Å²) in [6.45, 7) is 5.69. The van der Waals surface area contributed by atoms with Gasteiger partial charge in [0.1, 0.15) is 11.5 Å². The second-order valence-corrected chi connectivity index (χ2v) is 4.97. The SMILES string of the molecule is CCCNCc1cc(C)ccc1Oc1ccc(F)c(F)c1. The number of hydrogen-bond acceptors (Lipinski definition) is 2. The van der Waals surface area contributed by atoms with Crippen molar-refractivity contribution in [2.75, 3.05) is 6.54 Å². The maximum absolute atomic E-state index is 13.2. The van der Waals surface area contributed by atoms with Gasteiger partial charge in [-0.25, -0.2) is 8.78 Å². The zero-order valence-corrected chi connectivity index (χ0v) is 12.2. The van der Waals surface area contributed by atoms with Crippen LogP contribution in [-0.2, 0) is 6.54 Å². The Labute approximate surface area is 123 Å². The second-order valence-electron chi connectivity index (χ2n) is 4.97. The molecule has 1 N–H and O–H groups in total. The van der Waals surface area contributed by atoms with Crippen LogP contribution in [-0.4, -0.2) is 6.54 Å². The number of aryl methyl sites for hydroxylation is 1. The number of benzene rings is 2. The molecule has 0 aromatic heterocycles. The van der Waals surface area contributed by atoms with Crippen LogP contribution in [0.3, 0.4) is 0 Å². The Balaban J connectivity index is 2.19. The van der Waals surface area contributed by atoms with Crippen LogP contribution in [0, 0.1) is 18.6 Å². The molecule has 0 saturated heterocycles. The molecule has 2 rings (SSSR count). The molecule has 0 aliphatic rings. The molecule has 0 amide bonds. The molecule has 0 spiro atoms. The van der Waals surface area contributed by atoms with E-state index in [9.17, 15) is 8.78 Å². The highest BCUT2D eigenvalue weighted by atomic mass is 19.2. The molecule has 0 saturated carbocycles. The summed E-state index contributed by atoms with van der Waals surface area (Å²) in [5.41, 5.74) is 2.12. The molecule has 0 radical (unpaired) electrons. The lowest BCUT2D eigenvalue weighted by molar-refractivity contribution is 0.455. The van der Waals surface area contributed by atoms with Crippen LogP contribution in [0.5, 0.6) is 11.5 Å². The largest absolute Gasteiger partial charge is 0.457 e. The first-order valence-corrected chi connectivity index (χ1v) is 7.03. The molecule has 2 nitrogen and oxygen atoms in total. The maximum Gasteiger partial charge on any atom is 0.162 e. The fourth-order valence-electron chi connectivity index (χ4n) is 2.01. The Morgan fingerprint density at radius 3 is 2.57 bits per heavy atom. The fourth-order valence-corrected chi connectivity index (χ4v) is 2.01. The van der Waals surface area contributed by atoms with Crippen LogP contribution in [0.15, 0.2) is 36.4 Å². The first kappa shape index (κ1) is 15.4. The molecular formula is C17H19F2NO. The van der Waals surface area contributed by atoms with Crippen molar-refractivity contribution in [3.8, 4) is 11.5 Å². The predicted molar refractivity (Wildman–Crippen MR) is 79.6 cm³/mol. The summed E-state index contributed by atoms with van der Waals surface area (Å²) in [6.07, 6.45) is 1.05. The van der Waals surface area contributed by atoms with Crippen LogP contribution in [0.25, 0.3) is 0 Å². The molecule has 0 bridgehead atoms. The van der Waals surface area contributed by atoms with E-state index in [1.54, 1.807) is 0 Å². The molecule has 4 heteroatoms. The molecule has 0 fully saturated rings. The van der Waals surface area contributed by atoms with E-state index in [-0.39, 0.29) is 5.75 Å². The van der Waals surface area contributed by atoms with E-state index in [4.69, 9.17) is 4.74 Å². The summed E-state index contributed by atoms with van der Waals surface area (Å²) < 4.78 is 31.8. The van der Waals surface area contributed by atoms with Gasteiger partial charge in [0, 0.05) is 18.2 Å². The van der Waals surface area contributed by atoms with E-state index < -0.39 is 11.6 Å². The zero-order valence-electron chi connectivity index (χ0n) is 12.2. The van der Waals surface area contributed by atoms with Gasteiger partial charge in [0.2, 0.25) is 0 Å². The van der Waals surface area contributed by atoms with E-state index in [2.05, 4.69) is 12.2 Å². The van der Waals surface area contributed by atoms with Crippen molar-refractivity contribution in [2.45, 2.75) is 26.8 Å². The number of halogens is 2. The maximum atomic E-state index is 13.2. The summed E-state index contributed by atoms with van der Waals surface area (Å²) in [6, 6.07) is 9.34. The van der Waals surface area contributed by atoms with Crippen molar-refractivity contribution in [2.24, 2.45) is 0 Å². The van der Waals surface area contributed by atoms with Crippen LogP contribution < -0.4 is 10.1 Å². The van der Waals surface area contributed by atoms with E-state index >= 15 is 0 Å². The predicted octanol–water partition coefficient (Wildman–Crippen LogP) is 4.57. The van der Waals surface area contributed by atoms with Gasteiger partial charge in [0.15, 0.2) is 11.6 Å². The summed E-state index contributed by atoms with van der Waals surface area (Å²) in [5, 5.41) is 3.31. The molecule has 2 aromatic rings. The topological polar surface area (TPSA) is 21.3 Å². The second kappa shape index (κ2) is 7.18. The Kier molecular flexibility index (Phi) is 5.28. The number of ether oxygens (including phenoxy) is 1. The Hall–Kier alpha value is -1.94. The third-order valence-electron chi connectivity index (χ3n) is 3.08. The Morgan fingerprint density at radius 2 is 1.86 bits per heavy atom. The van der Waals surface area contributed by atoms with Crippen LogP contribution in [0.4, 0.5) is 8.78 Å². The van der Waals surface area contributed by atoms with E-state index in [0.717, 1.165) is 36.2 Å². The fraction of sp³-hybridized carbons (Fsp3) is 0.294. The molecule has 0 atom stereocenters. The van der Waals surface area contributed by atoms with Gasteiger partial charge in [-0.1, -0.05) is 24.6 Å². The summed E-state index contributed by atoms with van der Waals surface area (Å²) >= 11 is 0. The van der Waals surface area contributed by atoms with Crippen molar-refractivity contribution in [3.05, 3.63) is 59.2 Å². The van der Waals surface area contributed by atoms with Crippen molar-refractivity contribution in [1.29, 1.82) is 0 Å². The average molecular weight is 291 g/mol. The average Bonchev–Trinajstić information content (AvgIpc) is 2.46. The summed E-state index contributed by atoms with van der Waals surface area (Å²) in [7, 11) is 0. The van der Waals surface area contributed by atoms with Crippen molar-refractivity contribution in [1.82, 2.24) is 5.32 Å².